The molecule has 0 spiro atoms. The highest BCUT2D eigenvalue weighted by Crippen LogP contribution is 2.33. The molecule has 0 amide bonds. The second-order valence-corrected chi connectivity index (χ2v) is 6.29. The van der Waals surface area contributed by atoms with E-state index in [4.69, 9.17) is 9.47 Å². The zero-order valence-corrected chi connectivity index (χ0v) is 14.4. The summed E-state index contributed by atoms with van der Waals surface area (Å²) in [5.74, 6) is 0.553. The number of H-pyrrole nitrogens is 1. The molecule has 136 valence electrons. The Morgan fingerprint density at radius 3 is 3.08 bits per heavy atom. The molecule has 3 heterocycles. The van der Waals surface area contributed by atoms with Crippen molar-refractivity contribution in [1.82, 2.24) is 20.2 Å². The van der Waals surface area contributed by atoms with Crippen LogP contribution in [0.4, 0.5) is 10.2 Å². The van der Waals surface area contributed by atoms with E-state index in [1.165, 1.54) is 13.4 Å². The van der Waals surface area contributed by atoms with Crippen LogP contribution < -0.4 is 10.1 Å². The first-order valence-electron chi connectivity index (χ1n) is 8.60. The van der Waals surface area contributed by atoms with Crippen molar-refractivity contribution >= 4 is 16.7 Å². The van der Waals surface area contributed by atoms with Crippen LogP contribution in [0.25, 0.3) is 10.9 Å². The Morgan fingerprint density at radius 2 is 2.27 bits per heavy atom. The number of benzene rings is 1. The number of hydrogen-bond acceptors (Lipinski definition) is 6. The molecular weight excluding hydrogens is 337 g/mol. The van der Waals surface area contributed by atoms with Gasteiger partial charge in [0.05, 0.1) is 12.8 Å². The van der Waals surface area contributed by atoms with Crippen molar-refractivity contribution in [1.29, 1.82) is 0 Å². The maximum Gasteiger partial charge on any atom is 0.191 e. The lowest BCUT2D eigenvalue weighted by atomic mass is 9.92. The zero-order valence-electron chi connectivity index (χ0n) is 14.4. The first kappa shape index (κ1) is 16.7. The minimum absolute atomic E-state index is 0.0383. The van der Waals surface area contributed by atoms with Gasteiger partial charge in [0, 0.05) is 30.7 Å². The molecule has 0 unspecified atom stereocenters. The number of hydrogen-bond donors (Lipinski definition) is 2. The minimum Gasteiger partial charge on any atom is -0.494 e. The van der Waals surface area contributed by atoms with E-state index in [0.29, 0.717) is 17.7 Å². The van der Waals surface area contributed by atoms with E-state index in [9.17, 15) is 4.39 Å². The Balaban J connectivity index is 1.56. The summed E-state index contributed by atoms with van der Waals surface area (Å²) in [7, 11) is 1.43. The molecule has 0 saturated carbocycles. The van der Waals surface area contributed by atoms with Gasteiger partial charge in [-0.1, -0.05) is 0 Å². The fourth-order valence-corrected chi connectivity index (χ4v) is 3.42. The molecule has 0 aliphatic carbocycles. The van der Waals surface area contributed by atoms with Crippen molar-refractivity contribution in [3.63, 3.8) is 0 Å². The molecule has 1 saturated heterocycles. The van der Waals surface area contributed by atoms with E-state index < -0.39 is 5.82 Å². The molecule has 2 aromatic heterocycles. The third kappa shape index (κ3) is 3.08. The summed E-state index contributed by atoms with van der Waals surface area (Å²) >= 11 is 0. The predicted octanol–water partition coefficient (Wildman–Crippen LogP) is 3.08. The quantitative estimate of drug-likeness (QED) is 0.730. The number of nitrogens with zero attached hydrogens (tertiary/aromatic N) is 3. The smallest absolute Gasteiger partial charge is 0.191 e. The van der Waals surface area contributed by atoms with Gasteiger partial charge < -0.3 is 14.8 Å². The number of fused-ring (bicyclic) bond motifs is 1. The highest BCUT2D eigenvalue weighted by molar-refractivity contribution is 5.90. The van der Waals surface area contributed by atoms with Crippen LogP contribution >= 0.6 is 0 Å². The molecule has 4 rings (SSSR count). The van der Waals surface area contributed by atoms with E-state index in [1.54, 1.807) is 18.3 Å². The lowest BCUT2D eigenvalue weighted by Crippen LogP contribution is -2.28. The summed E-state index contributed by atoms with van der Waals surface area (Å²) in [6.07, 6.45) is 5.08. The van der Waals surface area contributed by atoms with Gasteiger partial charge in [-0.3, -0.25) is 5.10 Å². The monoisotopic (exact) mass is 357 g/mol. The number of aromatic amines is 1. The van der Waals surface area contributed by atoms with Crippen molar-refractivity contribution in [3.05, 3.63) is 42.2 Å². The third-order valence-electron chi connectivity index (χ3n) is 4.73. The van der Waals surface area contributed by atoms with E-state index in [1.807, 2.05) is 6.07 Å². The topological polar surface area (TPSA) is 85.0 Å². The number of methoxy groups -OCH3 is 1. The molecule has 1 aliphatic heterocycles. The largest absolute Gasteiger partial charge is 0.494 e. The number of nitrogens with one attached hydrogen (secondary N) is 2. The molecule has 8 heteroatoms. The summed E-state index contributed by atoms with van der Waals surface area (Å²) in [6, 6.07) is 5.29. The van der Waals surface area contributed by atoms with Crippen molar-refractivity contribution in [2.24, 2.45) is 5.92 Å². The molecule has 0 bridgehead atoms. The summed E-state index contributed by atoms with van der Waals surface area (Å²) in [6.45, 7) is 1.39. The van der Waals surface area contributed by atoms with Gasteiger partial charge in [-0.05, 0) is 31.0 Å². The van der Waals surface area contributed by atoms with Crippen LogP contribution in [0.2, 0.25) is 0 Å². The molecule has 0 radical (unpaired) electrons. The summed E-state index contributed by atoms with van der Waals surface area (Å²) < 4.78 is 25.4. The number of rotatable bonds is 5. The Bertz CT molecular complexity index is 887. The van der Waals surface area contributed by atoms with Crippen LogP contribution in [0.3, 0.4) is 0 Å². The molecule has 2 N–H and O–H groups in total. The summed E-state index contributed by atoms with van der Waals surface area (Å²) in [4.78, 5) is 8.34. The highest BCUT2D eigenvalue weighted by atomic mass is 19.1. The minimum atomic E-state index is -0.480. The van der Waals surface area contributed by atoms with Crippen LogP contribution in [0.15, 0.2) is 30.7 Å². The lowest BCUT2D eigenvalue weighted by molar-refractivity contribution is -0.0263. The maximum atomic E-state index is 14.4. The van der Waals surface area contributed by atoms with Crippen molar-refractivity contribution in [3.8, 4) is 5.75 Å². The highest BCUT2D eigenvalue weighted by Gasteiger charge is 2.28. The fraction of sp³-hybridized carbons (Fsp3) is 0.389. The average Bonchev–Trinajstić information content (AvgIpc) is 3.22. The second kappa shape index (κ2) is 7.25. The first-order valence-corrected chi connectivity index (χ1v) is 8.60. The number of anilines is 1. The normalized spacial score (nSPS) is 20.2. The number of aromatic nitrogens is 4. The molecule has 1 fully saturated rings. The van der Waals surface area contributed by atoms with Gasteiger partial charge in [-0.25, -0.2) is 14.4 Å². The summed E-state index contributed by atoms with van der Waals surface area (Å²) in [5, 5.41) is 11.0. The Hall–Kier alpha value is -2.74. The van der Waals surface area contributed by atoms with Gasteiger partial charge in [0.15, 0.2) is 11.6 Å². The summed E-state index contributed by atoms with van der Waals surface area (Å²) in [5.41, 5.74) is 1.21. The number of ether oxygens (including phenoxy) is 2. The molecule has 2 atom stereocenters. The average molecular weight is 357 g/mol. The van der Waals surface area contributed by atoms with Crippen molar-refractivity contribution < 1.29 is 13.9 Å². The Kier molecular flexibility index (Phi) is 4.66. The third-order valence-corrected chi connectivity index (χ3v) is 4.73. The van der Waals surface area contributed by atoms with E-state index >= 15 is 0 Å². The molecular formula is C18H20FN5O2. The first-order chi connectivity index (χ1) is 12.8. The SMILES string of the molecule is COc1ccc2c(NC[C@@H]3CCCO[C@H]3c3ccn[nH]3)ncnc2c1F. The van der Waals surface area contributed by atoms with Gasteiger partial charge in [0.1, 0.15) is 23.8 Å². The van der Waals surface area contributed by atoms with Crippen molar-refractivity contribution in [2.45, 2.75) is 18.9 Å². The lowest BCUT2D eigenvalue weighted by Gasteiger charge is -2.31. The van der Waals surface area contributed by atoms with Crippen molar-refractivity contribution in [2.75, 3.05) is 25.6 Å². The second-order valence-electron chi connectivity index (χ2n) is 6.29. The van der Waals surface area contributed by atoms with Crippen LogP contribution in [-0.4, -0.2) is 40.4 Å². The van der Waals surface area contributed by atoms with Crippen LogP contribution in [0, 0.1) is 11.7 Å². The van der Waals surface area contributed by atoms with E-state index in [-0.39, 0.29) is 23.3 Å². The van der Waals surface area contributed by atoms with Crippen LogP contribution in [0.5, 0.6) is 5.75 Å². The van der Waals surface area contributed by atoms with E-state index in [2.05, 4.69) is 25.5 Å². The fourth-order valence-electron chi connectivity index (χ4n) is 3.42. The van der Waals surface area contributed by atoms with Gasteiger partial charge >= 0.3 is 0 Å². The molecule has 1 aromatic carbocycles. The maximum absolute atomic E-state index is 14.4. The molecule has 1 aliphatic rings. The van der Waals surface area contributed by atoms with Gasteiger partial charge in [0.2, 0.25) is 0 Å². The molecule has 7 nitrogen and oxygen atoms in total. The standard InChI is InChI=1S/C18H20FN5O2/c1-25-14-5-4-12-16(15(14)19)21-10-22-18(12)20-9-11-3-2-8-26-17(11)13-6-7-23-24-13/h4-7,10-11,17H,2-3,8-9H2,1H3,(H,23,24)(H,20,21,22)/t11-,17+/m0/s1. The van der Waals surface area contributed by atoms with Gasteiger partial charge in [0.25, 0.3) is 0 Å². The Morgan fingerprint density at radius 1 is 1.35 bits per heavy atom. The Labute approximate surface area is 149 Å². The van der Waals surface area contributed by atoms with Gasteiger partial charge in [-0.2, -0.15) is 5.10 Å². The zero-order chi connectivity index (χ0) is 17.9. The van der Waals surface area contributed by atoms with Gasteiger partial charge in [-0.15, -0.1) is 0 Å². The van der Waals surface area contributed by atoms with Crippen LogP contribution in [0.1, 0.15) is 24.6 Å². The number of halogens is 1. The van der Waals surface area contributed by atoms with Crippen LogP contribution in [-0.2, 0) is 4.74 Å². The van der Waals surface area contributed by atoms with E-state index in [0.717, 1.165) is 25.1 Å². The predicted molar refractivity (Wildman–Crippen MR) is 94.5 cm³/mol. The molecule has 3 aromatic rings. The molecule has 26 heavy (non-hydrogen) atoms.